The molecule has 1 saturated heterocycles. The van der Waals surface area contributed by atoms with Crippen LogP contribution in [0.5, 0.6) is 0 Å². The lowest BCUT2D eigenvalue weighted by Gasteiger charge is -2.39. The maximum absolute atomic E-state index is 5.99. The molecular weight excluding hydrogens is 248 g/mol. The van der Waals surface area contributed by atoms with Gasteiger partial charge >= 0.3 is 0 Å². The summed E-state index contributed by atoms with van der Waals surface area (Å²) >= 11 is 0. The van der Waals surface area contributed by atoms with Crippen LogP contribution in [0, 0.1) is 0 Å². The highest BCUT2D eigenvalue weighted by Crippen LogP contribution is 2.17. The summed E-state index contributed by atoms with van der Waals surface area (Å²) in [5.74, 6) is 1.10. The number of anilines is 1. The van der Waals surface area contributed by atoms with Crippen molar-refractivity contribution in [1.29, 1.82) is 0 Å². The van der Waals surface area contributed by atoms with E-state index < -0.39 is 0 Å². The van der Waals surface area contributed by atoms with E-state index in [0.717, 1.165) is 44.8 Å². The molecule has 0 radical (unpaired) electrons. The van der Waals surface area contributed by atoms with Gasteiger partial charge in [0, 0.05) is 37.9 Å². The number of nitrogens with two attached hydrogens (primary N) is 1. The quantitative estimate of drug-likeness (QED) is 0.892. The number of likely N-dealkylation sites (N-methyl/N-ethyl adjacent to an activating group) is 1. The van der Waals surface area contributed by atoms with E-state index in [1.54, 1.807) is 0 Å². The molecule has 112 valence electrons. The molecule has 0 bridgehead atoms. The second-order valence-electron chi connectivity index (χ2n) is 5.82. The van der Waals surface area contributed by atoms with Crippen LogP contribution in [0.3, 0.4) is 0 Å². The fourth-order valence-corrected chi connectivity index (χ4v) is 2.84. The minimum absolute atomic E-state index is 0.246. The molecule has 0 aliphatic carbocycles. The van der Waals surface area contributed by atoms with Crippen LogP contribution < -0.4 is 10.6 Å². The molecule has 0 saturated carbocycles. The molecule has 4 nitrogen and oxygen atoms in total. The maximum Gasteiger partial charge on any atom is 0.128 e. The SMILES string of the molecule is CCC(N)Cc1ccc(N2CCN(CC)C(C)C2)nc1. The van der Waals surface area contributed by atoms with Gasteiger partial charge < -0.3 is 10.6 Å². The van der Waals surface area contributed by atoms with Crippen LogP contribution in [0.15, 0.2) is 18.3 Å². The summed E-state index contributed by atoms with van der Waals surface area (Å²) in [7, 11) is 0. The Balaban J connectivity index is 1.96. The van der Waals surface area contributed by atoms with Crippen LogP contribution in [0.2, 0.25) is 0 Å². The summed E-state index contributed by atoms with van der Waals surface area (Å²) in [4.78, 5) is 9.54. The van der Waals surface area contributed by atoms with Gasteiger partial charge in [-0.2, -0.15) is 0 Å². The number of nitrogens with zero attached hydrogens (tertiary/aromatic N) is 3. The highest BCUT2D eigenvalue weighted by atomic mass is 15.3. The van der Waals surface area contributed by atoms with E-state index in [1.165, 1.54) is 5.56 Å². The Kier molecular flexibility index (Phi) is 5.38. The first-order valence-electron chi connectivity index (χ1n) is 7.83. The van der Waals surface area contributed by atoms with E-state index in [1.807, 2.05) is 6.20 Å². The van der Waals surface area contributed by atoms with Crippen molar-refractivity contribution in [2.75, 3.05) is 31.1 Å². The Morgan fingerprint density at radius 3 is 2.70 bits per heavy atom. The summed E-state index contributed by atoms with van der Waals surface area (Å²) in [6, 6.07) is 5.17. The molecule has 0 spiro atoms. The Bertz CT molecular complexity index is 403. The molecule has 0 amide bonds. The Morgan fingerprint density at radius 2 is 2.15 bits per heavy atom. The zero-order valence-electron chi connectivity index (χ0n) is 13.0. The van der Waals surface area contributed by atoms with E-state index in [-0.39, 0.29) is 6.04 Å². The topological polar surface area (TPSA) is 45.4 Å². The monoisotopic (exact) mass is 276 g/mol. The first-order chi connectivity index (χ1) is 9.63. The molecule has 1 fully saturated rings. The second kappa shape index (κ2) is 7.04. The van der Waals surface area contributed by atoms with Crippen LogP contribution in [0.1, 0.15) is 32.8 Å². The molecule has 2 heterocycles. The van der Waals surface area contributed by atoms with Gasteiger partial charge in [-0.1, -0.05) is 19.9 Å². The van der Waals surface area contributed by atoms with E-state index in [2.05, 4.69) is 47.7 Å². The Morgan fingerprint density at radius 1 is 1.35 bits per heavy atom. The van der Waals surface area contributed by atoms with Gasteiger partial charge in [-0.3, -0.25) is 4.90 Å². The third kappa shape index (κ3) is 3.70. The molecule has 1 aliphatic heterocycles. The largest absolute Gasteiger partial charge is 0.354 e. The van der Waals surface area contributed by atoms with Crippen LogP contribution >= 0.6 is 0 Å². The van der Waals surface area contributed by atoms with Gasteiger partial charge in [0.2, 0.25) is 0 Å². The molecule has 1 aromatic heterocycles. The molecule has 20 heavy (non-hydrogen) atoms. The molecule has 0 aromatic carbocycles. The van der Waals surface area contributed by atoms with Crippen molar-refractivity contribution >= 4 is 5.82 Å². The van der Waals surface area contributed by atoms with Crippen molar-refractivity contribution in [2.24, 2.45) is 5.73 Å². The van der Waals surface area contributed by atoms with Gasteiger partial charge in [-0.15, -0.1) is 0 Å². The summed E-state index contributed by atoms with van der Waals surface area (Å²) in [6.45, 7) is 11.0. The maximum atomic E-state index is 5.99. The minimum atomic E-state index is 0.246. The van der Waals surface area contributed by atoms with Crippen LogP contribution in [-0.2, 0) is 6.42 Å². The number of aromatic nitrogens is 1. The highest BCUT2D eigenvalue weighted by Gasteiger charge is 2.22. The Labute approximate surface area is 123 Å². The molecule has 2 atom stereocenters. The number of pyridine rings is 1. The van der Waals surface area contributed by atoms with Crippen molar-refractivity contribution in [1.82, 2.24) is 9.88 Å². The van der Waals surface area contributed by atoms with E-state index in [0.29, 0.717) is 6.04 Å². The lowest BCUT2D eigenvalue weighted by Crippen LogP contribution is -2.51. The lowest BCUT2D eigenvalue weighted by atomic mass is 10.1. The molecule has 4 heteroatoms. The number of hydrogen-bond donors (Lipinski definition) is 1. The molecule has 2 rings (SSSR count). The van der Waals surface area contributed by atoms with Gasteiger partial charge in [-0.25, -0.2) is 4.98 Å². The smallest absolute Gasteiger partial charge is 0.128 e. The zero-order valence-corrected chi connectivity index (χ0v) is 13.0. The summed E-state index contributed by atoms with van der Waals surface area (Å²) in [6.07, 6.45) is 3.92. The first kappa shape index (κ1) is 15.3. The predicted molar refractivity (Wildman–Crippen MR) is 85.1 cm³/mol. The summed E-state index contributed by atoms with van der Waals surface area (Å²) in [5, 5.41) is 0. The number of rotatable bonds is 5. The zero-order chi connectivity index (χ0) is 14.5. The van der Waals surface area contributed by atoms with Crippen molar-refractivity contribution in [2.45, 2.75) is 45.7 Å². The summed E-state index contributed by atoms with van der Waals surface area (Å²) in [5.41, 5.74) is 7.23. The van der Waals surface area contributed by atoms with Gasteiger partial charge in [0.15, 0.2) is 0 Å². The van der Waals surface area contributed by atoms with Gasteiger partial charge in [-0.05, 0) is 37.9 Å². The van der Waals surface area contributed by atoms with E-state index in [4.69, 9.17) is 5.73 Å². The lowest BCUT2D eigenvalue weighted by molar-refractivity contribution is 0.199. The van der Waals surface area contributed by atoms with Crippen molar-refractivity contribution in [3.63, 3.8) is 0 Å². The van der Waals surface area contributed by atoms with Gasteiger partial charge in [0.1, 0.15) is 5.82 Å². The molecule has 1 aliphatic rings. The standard InChI is InChI=1S/C16H28N4/c1-4-15(17)10-14-6-7-16(18-11-14)20-9-8-19(5-2)13(3)12-20/h6-7,11,13,15H,4-5,8-10,12,17H2,1-3H3. The van der Waals surface area contributed by atoms with Gasteiger partial charge in [0.25, 0.3) is 0 Å². The average molecular weight is 276 g/mol. The normalized spacial score (nSPS) is 22.0. The van der Waals surface area contributed by atoms with E-state index >= 15 is 0 Å². The molecule has 1 aromatic rings. The average Bonchev–Trinajstić information content (AvgIpc) is 2.47. The van der Waals surface area contributed by atoms with Crippen LogP contribution in [-0.4, -0.2) is 48.1 Å². The first-order valence-corrected chi connectivity index (χ1v) is 7.83. The third-order valence-electron chi connectivity index (χ3n) is 4.33. The number of piperazine rings is 1. The third-order valence-corrected chi connectivity index (χ3v) is 4.33. The molecular formula is C16H28N4. The van der Waals surface area contributed by atoms with Gasteiger partial charge in [0.05, 0.1) is 0 Å². The Hall–Kier alpha value is -1.13. The van der Waals surface area contributed by atoms with Crippen LogP contribution in [0.25, 0.3) is 0 Å². The minimum Gasteiger partial charge on any atom is -0.354 e. The predicted octanol–water partition coefficient (Wildman–Crippen LogP) is 1.89. The fourth-order valence-electron chi connectivity index (χ4n) is 2.84. The summed E-state index contributed by atoms with van der Waals surface area (Å²) < 4.78 is 0. The van der Waals surface area contributed by atoms with Crippen molar-refractivity contribution < 1.29 is 0 Å². The number of hydrogen-bond acceptors (Lipinski definition) is 4. The molecule has 2 unspecified atom stereocenters. The van der Waals surface area contributed by atoms with Crippen LogP contribution in [0.4, 0.5) is 5.82 Å². The van der Waals surface area contributed by atoms with E-state index in [9.17, 15) is 0 Å². The van der Waals surface area contributed by atoms with Crippen molar-refractivity contribution in [3.8, 4) is 0 Å². The fraction of sp³-hybridized carbons (Fsp3) is 0.688. The molecule has 2 N–H and O–H groups in total. The second-order valence-corrected chi connectivity index (χ2v) is 5.82. The highest BCUT2D eigenvalue weighted by molar-refractivity contribution is 5.40. The van der Waals surface area contributed by atoms with Crippen molar-refractivity contribution in [3.05, 3.63) is 23.9 Å².